The summed E-state index contributed by atoms with van der Waals surface area (Å²) < 4.78 is 13.8. The predicted octanol–water partition coefficient (Wildman–Crippen LogP) is 11.7. The lowest BCUT2D eigenvalue weighted by molar-refractivity contribution is -0.105. The first-order chi connectivity index (χ1) is 30.6. The van der Waals surface area contributed by atoms with Crippen molar-refractivity contribution in [2.75, 3.05) is 64.0 Å². The molecule has 0 aliphatic carbocycles. The van der Waals surface area contributed by atoms with Crippen LogP contribution < -0.4 is 10.6 Å². The number of aryl methyl sites for hydroxylation is 1. The Morgan fingerprint density at radius 1 is 0.683 bits per heavy atom. The van der Waals surface area contributed by atoms with Crippen molar-refractivity contribution in [3.05, 3.63) is 153 Å². The number of nitrogens with one attached hydrogen (secondary N) is 2. The molecule has 1 aromatic heterocycles. The van der Waals surface area contributed by atoms with E-state index in [0.29, 0.717) is 24.0 Å². The van der Waals surface area contributed by atoms with Crippen LogP contribution in [0.5, 0.6) is 0 Å². The van der Waals surface area contributed by atoms with Gasteiger partial charge in [0, 0.05) is 80.2 Å². The third-order valence-corrected chi connectivity index (χ3v) is 15.3. The van der Waals surface area contributed by atoms with Crippen molar-refractivity contribution in [2.45, 2.75) is 108 Å². The van der Waals surface area contributed by atoms with Gasteiger partial charge in [0.15, 0.2) is 0 Å². The Morgan fingerprint density at radius 3 is 1.95 bits per heavy atom. The second-order valence-electron chi connectivity index (χ2n) is 20.2. The average molecular weight is 866 g/mol. The Labute approximate surface area is 382 Å². The van der Waals surface area contributed by atoms with Gasteiger partial charge in [-0.25, -0.2) is 0 Å². The van der Waals surface area contributed by atoms with E-state index in [9.17, 15) is 0 Å². The molecular formula is C55H71N5O2S. The molecule has 2 N–H and O–H groups in total. The largest absolute Gasteiger partial charge is 0.378 e. The van der Waals surface area contributed by atoms with Crippen LogP contribution in [-0.4, -0.2) is 80.3 Å². The minimum Gasteiger partial charge on any atom is -0.378 e. The zero-order valence-electron chi connectivity index (χ0n) is 38.6. The number of nitrogens with zero attached hydrogens (tertiary/aromatic N) is 3. The molecule has 63 heavy (non-hydrogen) atoms. The van der Waals surface area contributed by atoms with Crippen molar-refractivity contribution in [3.8, 4) is 0 Å². The van der Waals surface area contributed by atoms with Gasteiger partial charge in [-0.3, -0.25) is 9.80 Å². The van der Waals surface area contributed by atoms with Crippen LogP contribution in [0.1, 0.15) is 117 Å². The Bertz CT molecular complexity index is 2220. The maximum absolute atomic E-state index is 6.96. The minimum atomic E-state index is 0.116. The predicted molar refractivity (Wildman–Crippen MR) is 262 cm³/mol. The Morgan fingerprint density at radius 2 is 1.30 bits per heavy atom. The molecule has 6 heterocycles. The summed E-state index contributed by atoms with van der Waals surface area (Å²) in [5.74, 6) is 0.939. The smallest absolute Gasteiger partial charge is 0.0900 e. The summed E-state index contributed by atoms with van der Waals surface area (Å²) in [5.41, 5.74) is 12.2. The van der Waals surface area contributed by atoms with Crippen LogP contribution in [0.25, 0.3) is 0 Å². The molecule has 5 aliphatic heterocycles. The molecule has 0 radical (unpaired) electrons. The lowest BCUT2D eigenvalue weighted by Gasteiger charge is -2.46. The van der Waals surface area contributed by atoms with E-state index in [1.54, 1.807) is 11.3 Å². The molecule has 8 heteroatoms. The number of rotatable bonds is 9. The second kappa shape index (κ2) is 19.6. The summed E-state index contributed by atoms with van der Waals surface area (Å²) in [4.78, 5) is 7.43. The lowest BCUT2D eigenvalue weighted by atomic mass is 9.75. The van der Waals surface area contributed by atoms with Gasteiger partial charge in [-0.2, -0.15) is 11.3 Å². The summed E-state index contributed by atoms with van der Waals surface area (Å²) in [6.07, 6.45) is 6.64. The van der Waals surface area contributed by atoms with Gasteiger partial charge in [0.1, 0.15) is 0 Å². The SMILES string of the molecule is CCc1ccc2c(c1)C1OC(CN3CCN(C)CC3)CCC1C(c1ccsc1)N2.CN(Cc1ccccc1)CC1CCC2C(c3ccccc3)Nc3ccc(C(C)(C)C)cc3C2O1. The average Bonchev–Trinajstić information content (AvgIpc) is 3.85. The number of piperazine rings is 1. The molecule has 3 fully saturated rings. The van der Waals surface area contributed by atoms with Gasteiger partial charge in [-0.1, -0.05) is 113 Å². The summed E-state index contributed by atoms with van der Waals surface area (Å²) in [7, 11) is 4.43. The van der Waals surface area contributed by atoms with Gasteiger partial charge in [0.25, 0.3) is 0 Å². The van der Waals surface area contributed by atoms with Gasteiger partial charge in [-0.15, -0.1) is 0 Å². The first-order valence-corrected chi connectivity index (χ1v) is 24.9. The molecule has 4 aromatic carbocycles. The molecule has 7 nitrogen and oxygen atoms in total. The molecule has 5 aromatic rings. The van der Waals surface area contributed by atoms with Gasteiger partial charge >= 0.3 is 0 Å². The van der Waals surface area contributed by atoms with Crippen LogP contribution in [0.3, 0.4) is 0 Å². The topological polar surface area (TPSA) is 52.2 Å². The van der Waals surface area contributed by atoms with Crippen LogP contribution in [0.4, 0.5) is 11.4 Å². The first kappa shape index (κ1) is 44.2. The Kier molecular flexibility index (Phi) is 13.8. The summed E-state index contributed by atoms with van der Waals surface area (Å²) in [6.45, 7) is 16.8. The number of hydrogen-bond donors (Lipinski definition) is 2. The van der Waals surface area contributed by atoms with Gasteiger partial charge in [0.05, 0.1) is 36.5 Å². The standard InChI is InChI=1S/C31H38N2O.C24H33N3OS/c1-31(2,3)24-15-18-28-27(19-24)30-26(29(32-28)23-13-9-6-10-14-23)17-16-25(34-30)21-33(4)20-22-11-7-5-8-12-22;1-3-17-4-7-22-21(14-17)24-20(23(25-22)18-8-13-29-16-18)6-5-19(28-24)15-27-11-9-26(2)10-12-27/h5-15,18-19,25-26,29-30,32H,16-17,20-21H2,1-4H3;4,7-8,13-14,16,19-20,23-25H,3,5-6,9-12,15H2,1-2H3. The zero-order valence-corrected chi connectivity index (χ0v) is 39.5. The number of likely N-dealkylation sites (N-methyl/N-ethyl adjacent to an activating group) is 2. The third-order valence-electron chi connectivity index (χ3n) is 14.6. The second-order valence-corrected chi connectivity index (χ2v) is 20.9. The molecule has 10 rings (SSSR count). The quantitative estimate of drug-likeness (QED) is 0.153. The highest BCUT2D eigenvalue weighted by Crippen LogP contribution is 2.52. The molecule has 334 valence electrons. The Hall–Kier alpha value is -4.02. The maximum atomic E-state index is 6.96. The van der Waals surface area contributed by atoms with Crippen molar-refractivity contribution in [1.82, 2.24) is 14.7 Å². The van der Waals surface area contributed by atoms with E-state index >= 15 is 0 Å². The van der Waals surface area contributed by atoms with E-state index in [2.05, 4.69) is 181 Å². The van der Waals surface area contributed by atoms with Gasteiger partial charge < -0.3 is 25.0 Å². The van der Waals surface area contributed by atoms with Crippen molar-refractivity contribution < 1.29 is 9.47 Å². The van der Waals surface area contributed by atoms with Crippen LogP contribution in [0.15, 0.2) is 114 Å². The molecular weight excluding hydrogens is 795 g/mol. The maximum Gasteiger partial charge on any atom is 0.0900 e. The van der Waals surface area contributed by atoms with E-state index in [0.717, 1.165) is 32.5 Å². The first-order valence-electron chi connectivity index (χ1n) is 23.9. The number of ether oxygens (including phenoxy) is 2. The number of anilines is 2. The van der Waals surface area contributed by atoms with E-state index in [-0.39, 0.29) is 29.8 Å². The Balaban J connectivity index is 0.000000162. The number of hydrogen-bond acceptors (Lipinski definition) is 8. The van der Waals surface area contributed by atoms with Crippen molar-refractivity contribution >= 4 is 22.7 Å². The zero-order chi connectivity index (χ0) is 43.5. The van der Waals surface area contributed by atoms with Crippen molar-refractivity contribution in [1.29, 1.82) is 0 Å². The third kappa shape index (κ3) is 10.3. The van der Waals surface area contributed by atoms with E-state index in [1.807, 2.05) is 0 Å². The molecule has 8 unspecified atom stereocenters. The highest BCUT2D eigenvalue weighted by Gasteiger charge is 2.44. The minimum absolute atomic E-state index is 0.116. The number of benzene rings is 4. The van der Waals surface area contributed by atoms with Gasteiger partial charge in [-0.05, 0) is 108 Å². The normalized spacial score (nSPS) is 27.1. The fourth-order valence-corrected chi connectivity index (χ4v) is 11.6. The molecule has 8 atom stereocenters. The molecule has 3 saturated heterocycles. The summed E-state index contributed by atoms with van der Waals surface area (Å²) >= 11 is 1.79. The highest BCUT2D eigenvalue weighted by atomic mass is 32.1. The fraction of sp³-hybridized carbons (Fsp3) is 0.491. The van der Waals surface area contributed by atoms with E-state index in [1.165, 1.54) is 95.8 Å². The fourth-order valence-electron chi connectivity index (χ4n) is 10.9. The van der Waals surface area contributed by atoms with E-state index in [4.69, 9.17) is 9.47 Å². The van der Waals surface area contributed by atoms with Gasteiger partial charge in [0.2, 0.25) is 0 Å². The van der Waals surface area contributed by atoms with E-state index < -0.39 is 0 Å². The summed E-state index contributed by atoms with van der Waals surface area (Å²) in [5, 5.41) is 12.2. The monoisotopic (exact) mass is 866 g/mol. The lowest BCUT2D eigenvalue weighted by Crippen LogP contribution is -2.49. The summed E-state index contributed by atoms with van der Waals surface area (Å²) in [6, 6.07) is 38.4. The van der Waals surface area contributed by atoms with Crippen molar-refractivity contribution in [3.63, 3.8) is 0 Å². The highest BCUT2D eigenvalue weighted by molar-refractivity contribution is 7.08. The van der Waals surface area contributed by atoms with Crippen LogP contribution in [0, 0.1) is 11.8 Å². The molecule has 0 spiro atoms. The van der Waals surface area contributed by atoms with Crippen LogP contribution >= 0.6 is 11.3 Å². The van der Waals surface area contributed by atoms with Crippen LogP contribution in [-0.2, 0) is 27.9 Å². The molecule has 5 aliphatic rings. The van der Waals surface area contributed by atoms with Crippen molar-refractivity contribution in [2.24, 2.45) is 11.8 Å². The number of fused-ring (bicyclic) bond motifs is 6. The molecule has 0 bridgehead atoms. The molecule has 0 saturated carbocycles. The molecule has 0 amide bonds. The number of thiophene rings is 1. The van der Waals surface area contributed by atoms with Crippen LogP contribution in [0.2, 0.25) is 0 Å².